The number of nitrogens with zero attached hydrogens (tertiary/aromatic N) is 3. The molecule has 0 bridgehead atoms. The number of amides is 1. The molecule has 7 nitrogen and oxygen atoms in total. The number of morpholine rings is 1. The molecular weight excluding hydrogens is 501 g/mol. The van der Waals surface area contributed by atoms with Crippen LogP contribution in [0.3, 0.4) is 0 Å². The van der Waals surface area contributed by atoms with E-state index in [4.69, 9.17) is 4.74 Å². The lowest BCUT2D eigenvalue weighted by Crippen LogP contribution is -2.42. The third kappa shape index (κ3) is 11.2. The second-order valence-corrected chi connectivity index (χ2v) is 8.49. The van der Waals surface area contributed by atoms with Crippen molar-refractivity contribution in [1.29, 1.82) is 0 Å². The van der Waals surface area contributed by atoms with Crippen LogP contribution in [0.2, 0.25) is 0 Å². The molecule has 0 radical (unpaired) electrons. The van der Waals surface area contributed by atoms with Crippen molar-refractivity contribution in [2.45, 2.75) is 19.8 Å². The number of likely N-dealkylation sites (N-methyl/N-ethyl adjacent to an activating group) is 1. The highest BCUT2D eigenvalue weighted by Crippen LogP contribution is 2.13. The largest absolute Gasteiger partial charge is 0.379 e. The van der Waals surface area contributed by atoms with Crippen molar-refractivity contribution in [1.82, 2.24) is 20.4 Å². The van der Waals surface area contributed by atoms with E-state index in [1.807, 2.05) is 0 Å². The highest BCUT2D eigenvalue weighted by molar-refractivity contribution is 14.0. The van der Waals surface area contributed by atoms with Crippen molar-refractivity contribution in [3.63, 3.8) is 0 Å². The molecule has 29 heavy (non-hydrogen) atoms. The van der Waals surface area contributed by atoms with E-state index in [9.17, 15) is 4.79 Å². The minimum atomic E-state index is 0. The minimum Gasteiger partial charge on any atom is -0.379 e. The van der Waals surface area contributed by atoms with Crippen LogP contribution in [-0.4, -0.2) is 88.2 Å². The van der Waals surface area contributed by atoms with Crippen molar-refractivity contribution < 1.29 is 9.53 Å². The summed E-state index contributed by atoms with van der Waals surface area (Å²) in [6, 6.07) is 4.27. The Morgan fingerprint density at radius 1 is 1.34 bits per heavy atom. The van der Waals surface area contributed by atoms with E-state index in [1.165, 1.54) is 4.88 Å². The van der Waals surface area contributed by atoms with E-state index < -0.39 is 0 Å². The Morgan fingerprint density at radius 2 is 2.10 bits per heavy atom. The number of rotatable bonds is 10. The molecule has 0 saturated carbocycles. The monoisotopic (exact) mass is 537 g/mol. The van der Waals surface area contributed by atoms with Crippen LogP contribution in [0.4, 0.5) is 0 Å². The quantitative estimate of drug-likeness (QED) is 0.207. The molecule has 0 aromatic carbocycles. The standard InChI is InChI=1S/C20H35N5O2S.HI/c1-17(14-18-6-4-13-28-18)15-22-20(23-16-19(26)24(2)3)21-7-5-8-25-9-11-27-12-10-25;/h4,6,13,17H,5,7-12,14-16H2,1-3H3,(H2,21,22,23);1H. The fourth-order valence-corrected chi connectivity index (χ4v) is 3.78. The summed E-state index contributed by atoms with van der Waals surface area (Å²) in [5.41, 5.74) is 0. The second-order valence-electron chi connectivity index (χ2n) is 7.46. The summed E-state index contributed by atoms with van der Waals surface area (Å²) in [5, 5.41) is 8.90. The number of ether oxygens (including phenoxy) is 1. The van der Waals surface area contributed by atoms with E-state index in [2.05, 4.69) is 45.0 Å². The Balaban J connectivity index is 0.00000420. The number of carbonyl (C=O) groups excluding carboxylic acids is 1. The maximum atomic E-state index is 11.9. The predicted octanol–water partition coefficient (Wildman–Crippen LogP) is 1.89. The molecule has 1 saturated heterocycles. The molecular formula is C20H36IN5O2S. The number of hydrogen-bond acceptors (Lipinski definition) is 5. The molecule has 9 heteroatoms. The van der Waals surface area contributed by atoms with E-state index in [0.717, 1.165) is 64.7 Å². The summed E-state index contributed by atoms with van der Waals surface area (Å²) >= 11 is 1.80. The van der Waals surface area contributed by atoms with E-state index in [0.29, 0.717) is 5.92 Å². The van der Waals surface area contributed by atoms with Gasteiger partial charge in [-0.15, -0.1) is 35.3 Å². The van der Waals surface area contributed by atoms with Crippen molar-refractivity contribution in [3.05, 3.63) is 22.4 Å². The van der Waals surface area contributed by atoms with Gasteiger partial charge in [-0.3, -0.25) is 9.69 Å². The van der Waals surface area contributed by atoms with Crippen LogP contribution in [0, 0.1) is 5.92 Å². The number of nitrogens with one attached hydrogen (secondary N) is 2. The predicted molar refractivity (Wildman–Crippen MR) is 131 cm³/mol. The Morgan fingerprint density at radius 3 is 2.76 bits per heavy atom. The van der Waals surface area contributed by atoms with Crippen LogP contribution in [0.1, 0.15) is 18.2 Å². The smallest absolute Gasteiger partial charge is 0.243 e. The van der Waals surface area contributed by atoms with Crippen LogP contribution < -0.4 is 10.6 Å². The second kappa shape index (κ2) is 15.0. The first kappa shape index (κ1) is 26.1. The Labute approximate surface area is 196 Å². The molecule has 166 valence electrons. The number of hydrogen-bond donors (Lipinski definition) is 2. The van der Waals surface area contributed by atoms with Crippen molar-refractivity contribution in [3.8, 4) is 0 Å². The molecule has 1 fully saturated rings. The molecule has 0 aliphatic carbocycles. The topological polar surface area (TPSA) is 69.2 Å². The molecule has 2 rings (SSSR count). The van der Waals surface area contributed by atoms with Gasteiger partial charge in [0.25, 0.3) is 0 Å². The molecule has 1 aromatic heterocycles. The van der Waals surface area contributed by atoms with Crippen LogP contribution in [0.15, 0.2) is 22.5 Å². The maximum Gasteiger partial charge on any atom is 0.243 e. The number of thiophene rings is 1. The summed E-state index contributed by atoms with van der Waals surface area (Å²) in [6.45, 7) is 8.77. The molecule has 1 unspecified atom stereocenters. The summed E-state index contributed by atoms with van der Waals surface area (Å²) in [6.07, 6.45) is 2.08. The fraction of sp³-hybridized carbons (Fsp3) is 0.700. The molecule has 2 heterocycles. The van der Waals surface area contributed by atoms with Gasteiger partial charge in [-0.1, -0.05) is 13.0 Å². The maximum absolute atomic E-state index is 11.9. The third-order valence-corrected chi connectivity index (χ3v) is 5.56. The zero-order valence-corrected chi connectivity index (χ0v) is 21.0. The van der Waals surface area contributed by atoms with E-state index >= 15 is 0 Å². The van der Waals surface area contributed by atoms with Gasteiger partial charge in [0.2, 0.25) is 5.91 Å². The SMILES string of the molecule is CC(CNC(=NCC(=O)N(C)C)NCCCN1CCOCC1)Cc1cccs1.I. The van der Waals surface area contributed by atoms with Crippen molar-refractivity contribution >= 4 is 47.2 Å². The van der Waals surface area contributed by atoms with Gasteiger partial charge in [0.1, 0.15) is 6.54 Å². The Hall–Kier alpha value is -0.910. The van der Waals surface area contributed by atoms with Crippen LogP contribution in [-0.2, 0) is 16.0 Å². The normalized spacial score (nSPS) is 16.0. The first-order valence-electron chi connectivity index (χ1n) is 10.1. The molecule has 1 aliphatic rings. The Bertz CT molecular complexity index is 592. The number of carbonyl (C=O) groups is 1. The lowest BCUT2D eigenvalue weighted by molar-refractivity contribution is -0.127. The number of guanidine groups is 1. The Kier molecular flexibility index (Phi) is 13.5. The third-order valence-electron chi connectivity index (χ3n) is 4.67. The molecule has 1 aromatic rings. The van der Waals surface area contributed by atoms with Gasteiger partial charge in [-0.05, 0) is 36.8 Å². The zero-order valence-electron chi connectivity index (χ0n) is 17.9. The lowest BCUT2D eigenvalue weighted by Gasteiger charge is -2.26. The van der Waals surface area contributed by atoms with Gasteiger partial charge < -0.3 is 20.3 Å². The van der Waals surface area contributed by atoms with Crippen LogP contribution in [0.25, 0.3) is 0 Å². The van der Waals surface area contributed by atoms with E-state index in [1.54, 1.807) is 30.3 Å². The van der Waals surface area contributed by atoms with Gasteiger partial charge >= 0.3 is 0 Å². The first-order chi connectivity index (χ1) is 13.5. The molecule has 1 amide bonds. The van der Waals surface area contributed by atoms with Gasteiger partial charge in [0.15, 0.2) is 5.96 Å². The highest BCUT2D eigenvalue weighted by Gasteiger charge is 2.11. The molecule has 1 aliphatic heterocycles. The number of aliphatic imine (C=N–C) groups is 1. The summed E-state index contributed by atoms with van der Waals surface area (Å²) < 4.78 is 5.39. The van der Waals surface area contributed by atoms with Gasteiger partial charge in [-0.2, -0.15) is 0 Å². The van der Waals surface area contributed by atoms with Crippen molar-refractivity contribution in [2.75, 3.05) is 66.6 Å². The molecule has 2 N–H and O–H groups in total. The lowest BCUT2D eigenvalue weighted by atomic mass is 10.1. The number of halogens is 1. The summed E-state index contributed by atoms with van der Waals surface area (Å²) in [5.74, 6) is 1.21. The average Bonchev–Trinajstić information content (AvgIpc) is 3.20. The van der Waals surface area contributed by atoms with Gasteiger partial charge in [0, 0.05) is 45.2 Å². The zero-order chi connectivity index (χ0) is 20.2. The van der Waals surface area contributed by atoms with Crippen LogP contribution >= 0.6 is 35.3 Å². The first-order valence-corrected chi connectivity index (χ1v) is 11.0. The molecule has 0 spiro atoms. The van der Waals surface area contributed by atoms with Crippen molar-refractivity contribution in [2.24, 2.45) is 10.9 Å². The molecule has 1 atom stereocenters. The van der Waals surface area contributed by atoms with Crippen LogP contribution in [0.5, 0.6) is 0 Å². The average molecular weight is 538 g/mol. The summed E-state index contributed by atoms with van der Waals surface area (Å²) in [4.78, 5) is 21.7. The van der Waals surface area contributed by atoms with Gasteiger partial charge in [0.05, 0.1) is 13.2 Å². The highest BCUT2D eigenvalue weighted by atomic mass is 127. The van der Waals surface area contributed by atoms with Gasteiger partial charge in [-0.25, -0.2) is 4.99 Å². The minimum absolute atomic E-state index is 0. The van der Waals surface area contributed by atoms with E-state index in [-0.39, 0.29) is 36.4 Å². The fourth-order valence-electron chi connectivity index (χ4n) is 2.91. The summed E-state index contributed by atoms with van der Waals surface area (Å²) in [7, 11) is 3.51.